The second kappa shape index (κ2) is 8.67. The number of pyridine rings is 1. The molecule has 3 aromatic heterocycles. The van der Waals surface area contributed by atoms with Gasteiger partial charge in [0.15, 0.2) is 5.52 Å². The molecule has 0 atom stereocenters. The Balaban J connectivity index is 1.59. The van der Waals surface area contributed by atoms with E-state index < -0.39 is 0 Å². The third-order valence-corrected chi connectivity index (χ3v) is 5.87. The first-order valence-electron chi connectivity index (χ1n) is 11.2. The number of anilines is 1. The maximum absolute atomic E-state index is 13.1. The number of hydrogen-bond donors (Lipinski definition) is 2. The maximum atomic E-state index is 13.1. The van der Waals surface area contributed by atoms with Crippen molar-refractivity contribution in [3.05, 3.63) is 58.5 Å². The van der Waals surface area contributed by atoms with Crippen LogP contribution in [0.15, 0.2) is 47.3 Å². The fourth-order valence-electron chi connectivity index (χ4n) is 4.18. The monoisotopic (exact) mass is 446 g/mol. The topological polar surface area (TPSA) is 109 Å². The van der Waals surface area contributed by atoms with Crippen LogP contribution in [0.4, 0.5) is 5.82 Å². The van der Waals surface area contributed by atoms with Gasteiger partial charge in [-0.1, -0.05) is 18.2 Å². The fraction of sp³-hybridized carbons (Fsp3) is 0.333. The number of benzene rings is 1. The quantitative estimate of drug-likeness (QED) is 0.485. The van der Waals surface area contributed by atoms with Gasteiger partial charge in [0, 0.05) is 13.1 Å². The van der Waals surface area contributed by atoms with Crippen LogP contribution in [0.2, 0.25) is 0 Å². The normalized spacial score (nSPS) is 14.7. The minimum absolute atomic E-state index is 0.257. The maximum Gasteiger partial charge on any atom is 0.277 e. The molecule has 5 rings (SSSR count). The number of nitrogens with zero attached hydrogens (tertiary/aromatic N) is 5. The van der Waals surface area contributed by atoms with Gasteiger partial charge in [-0.05, 0) is 51.0 Å². The van der Waals surface area contributed by atoms with Gasteiger partial charge in [-0.3, -0.25) is 4.79 Å². The lowest BCUT2D eigenvalue weighted by Crippen LogP contribution is -2.36. The van der Waals surface area contributed by atoms with Crippen molar-refractivity contribution in [2.24, 2.45) is 0 Å². The summed E-state index contributed by atoms with van der Waals surface area (Å²) >= 11 is 0. The van der Waals surface area contributed by atoms with Crippen LogP contribution in [-0.2, 0) is 0 Å². The van der Waals surface area contributed by atoms with E-state index in [1.54, 1.807) is 4.68 Å². The highest BCUT2D eigenvalue weighted by atomic mass is 16.5. The molecule has 170 valence electrons. The van der Waals surface area contributed by atoms with E-state index in [0.29, 0.717) is 53.4 Å². The number of nitrogens with one attached hydrogen (secondary N) is 1. The first-order valence-corrected chi connectivity index (χ1v) is 11.2. The van der Waals surface area contributed by atoms with Crippen molar-refractivity contribution < 1.29 is 9.84 Å². The van der Waals surface area contributed by atoms with E-state index >= 15 is 0 Å². The van der Waals surface area contributed by atoms with Crippen molar-refractivity contribution in [2.45, 2.75) is 32.8 Å². The van der Waals surface area contributed by atoms with Crippen molar-refractivity contribution in [3.63, 3.8) is 0 Å². The van der Waals surface area contributed by atoms with E-state index in [1.807, 2.05) is 56.3 Å². The molecular weight excluding hydrogens is 420 g/mol. The lowest BCUT2D eigenvalue weighted by atomic mass is 10.1. The lowest BCUT2D eigenvalue weighted by molar-refractivity contribution is 0.145. The van der Waals surface area contributed by atoms with Crippen LogP contribution in [0, 0.1) is 6.92 Å². The fourth-order valence-corrected chi connectivity index (χ4v) is 4.18. The molecule has 1 fully saturated rings. The molecule has 1 aliphatic rings. The summed E-state index contributed by atoms with van der Waals surface area (Å²) in [6, 6.07) is 13.3. The molecule has 33 heavy (non-hydrogen) atoms. The van der Waals surface area contributed by atoms with Crippen molar-refractivity contribution >= 4 is 16.9 Å². The van der Waals surface area contributed by atoms with Crippen LogP contribution in [0.5, 0.6) is 5.88 Å². The summed E-state index contributed by atoms with van der Waals surface area (Å²) in [5, 5.41) is 14.4. The summed E-state index contributed by atoms with van der Waals surface area (Å²) in [5.41, 5.74) is 2.73. The van der Waals surface area contributed by atoms with E-state index in [1.165, 1.54) is 0 Å². The number of para-hydroxylation sites is 1. The number of aromatic nitrogens is 5. The zero-order valence-electron chi connectivity index (χ0n) is 18.7. The molecule has 0 spiro atoms. The predicted molar refractivity (Wildman–Crippen MR) is 126 cm³/mol. The summed E-state index contributed by atoms with van der Waals surface area (Å²) in [5.74, 6) is 1.59. The van der Waals surface area contributed by atoms with E-state index in [0.717, 1.165) is 24.6 Å². The number of aliphatic hydroxyl groups excluding tert-OH is 1. The molecule has 4 aromatic rings. The number of fused-ring (bicyclic) bond motifs is 1. The average Bonchev–Trinajstić information content (AvgIpc) is 3.17. The minimum Gasteiger partial charge on any atom is -0.477 e. The SMILES string of the molecule is CCOc1nc(N2CCC(O)CC2)ccc1-c1nc2c(C)nn(-c3ccccc3)c2c(=O)[nH]1. The van der Waals surface area contributed by atoms with E-state index in [-0.39, 0.29) is 11.7 Å². The van der Waals surface area contributed by atoms with Gasteiger partial charge in [-0.2, -0.15) is 10.1 Å². The molecule has 0 radical (unpaired) electrons. The van der Waals surface area contributed by atoms with Crippen LogP contribution in [0.3, 0.4) is 0 Å². The van der Waals surface area contributed by atoms with Gasteiger partial charge in [-0.25, -0.2) is 9.67 Å². The lowest BCUT2D eigenvalue weighted by Gasteiger charge is -2.30. The van der Waals surface area contributed by atoms with Crippen LogP contribution < -0.4 is 15.2 Å². The second-order valence-corrected chi connectivity index (χ2v) is 8.12. The van der Waals surface area contributed by atoms with Crippen LogP contribution in [-0.4, -0.2) is 55.6 Å². The van der Waals surface area contributed by atoms with Gasteiger partial charge < -0.3 is 19.7 Å². The van der Waals surface area contributed by atoms with Gasteiger partial charge >= 0.3 is 0 Å². The zero-order valence-corrected chi connectivity index (χ0v) is 18.7. The number of aliphatic hydroxyl groups is 1. The zero-order chi connectivity index (χ0) is 22.9. The van der Waals surface area contributed by atoms with E-state index in [2.05, 4.69) is 15.0 Å². The average molecular weight is 447 g/mol. The standard InChI is InChI=1S/C24H26N6O3/c1-3-33-24-18(9-10-19(25-24)29-13-11-17(31)12-14-29)22-26-20-15(2)28-30(21(20)23(32)27-22)16-7-5-4-6-8-16/h4-10,17,31H,3,11-14H2,1-2H3,(H,26,27,32). The Kier molecular flexibility index (Phi) is 5.55. The molecule has 9 heteroatoms. The van der Waals surface area contributed by atoms with Crippen molar-refractivity contribution in [3.8, 4) is 23.0 Å². The molecule has 9 nitrogen and oxygen atoms in total. The molecule has 0 aliphatic carbocycles. The highest BCUT2D eigenvalue weighted by molar-refractivity contribution is 5.81. The first-order chi connectivity index (χ1) is 16.0. The number of H-pyrrole nitrogens is 1. The van der Waals surface area contributed by atoms with Gasteiger partial charge in [0.25, 0.3) is 5.56 Å². The van der Waals surface area contributed by atoms with E-state index in [9.17, 15) is 9.90 Å². The molecule has 1 aromatic carbocycles. The molecule has 1 aliphatic heterocycles. The number of hydrogen-bond acceptors (Lipinski definition) is 7. The molecule has 0 bridgehead atoms. The Hall–Kier alpha value is -3.72. The number of aryl methyl sites for hydroxylation is 1. The van der Waals surface area contributed by atoms with Gasteiger partial charge in [-0.15, -0.1) is 0 Å². The molecular formula is C24H26N6O3. The molecule has 4 heterocycles. The summed E-state index contributed by atoms with van der Waals surface area (Å²) < 4.78 is 7.45. The van der Waals surface area contributed by atoms with E-state index in [4.69, 9.17) is 14.7 Å². The van der Waals surface area contributed by atoms with Gasteiger partial charge in [0.2, 0.25) is 5.88 Å². The summed E-state index contributed by atoms with van der Waals surface area (Å²) in [6.45, 7) is 5.63. The van der Waals surface area contributed by atoms with Crippen LogP contribution >= 0.6 is 0 Å². The smallest absolute Gasteiger partial charge is 0.277 e. The molecule has 0 amide bonds. The second-order valence-electron chi connectivity index (χ2n) is 8.12. The third kappa shape index (κ3) is 3.95. The van der Waals surface area contributed by atoms with Crippen molar-refractivity contribution in [1.29, 1.82) is 0 Å². The molecule has 0 unspecified atom stereocenters. The first kappa shape index (κ1) is 21.1. The highest BCUT2D eigenvalue weighted by Crippen LogP contribution is 2.30. The number of rotatable bonds is 5. The summed E-state index contributed by atoms with van der Waals surface area (Å²) in [4.78, 5) is 27.6. The Morgan fingerprint density at radius 3 is 2.61 bits per heavy atom. The predicted octanol–water partition coefficient (Wildman–Crippen LogP) is 2.84. The number of ether oxygens (including phenoxy) is 1. The minimum atomic E-state index is -0.281. The molecule has 2 N–H and O–H groups in total. The van der Waals surface area contributed by atoms with Crippen LogP contribution in [0.1, 0.15) is 25.5 Å². The number of aromatic amines is 1. The summed E-state index contributed by atoms with van der Waals surface area (Å²) in [6.07, 6.45) is 1.17. The largest absolute Gasteiger partial charge is 0.477 e. The Morgan fingerprint density at radius 2 is 1.88 bits per heavy atom. The molecule has 1 saturated heterocycles. The highest BCUT2D eigenvalue weighted by Gasteiger charge is 2.22. The Morgan fingerprint density at radius 1 is 1.12 bits per heavy atom. The molecule has 0 saturated carbocycles. The van der Waals surface area contributed by atoms with Gasteiger partial charge in [0.05, 0.1) is 29.7 Å². The number of piperidine rings is 1. The van der Waals surface area contributed by atoms with Crippen molar-refractivity contribution in [1.82, 2.24) is 24.7 Å². The van der Waals surface area contributed by atoms with Crippen molar-refractivity contribution in [2.75, 3.05) is 24.6 Å². The summed E-state index contributed by atoms with van der Waals surface area (Å²) in [7, 11) is 0. The third-order valence-electron chi connectivity index (χ3n) is 5.87. The Labute approximate surface area is 190 Å². The Bertz CT molecular complexity index is 1340. The van der Waals surface area contributed by atoms with Crippen LogP contribution in [0.25, 0.3) is 28.1 Å². The van der Waals surface area contributed by atoms with Gasteiger partial charge in [0.1, 0.15) is 17.2 Å².